The van der Waals surface area contributed by atoms with Crippen LogP contribution >= 0.6 is 0 Å². The Bertz CT molecular complexity index is 3970. The molecule has 0 amide bonds. The lowest BCUT2D eigenvalue weighted by atomic mass is 9.46. The maximum Gasteiger partial charge on any atom is 0.376 e. The molecular weight excluding hydrogens is 807 g/mol. The van der Waals surface area contributed by atoms with Crippen molar-refractivity contribution in [2.24, 2.45) is 0 Å². The van der Waals surface area contributed by atoms with E-state index in [1.807, 2.05) is 0 Å². The van der Waals surface area contributed by atoms with Crippen molar-refractivity contribution in [3.63, 3.8) is 0 Å². The van der Waals surface area contributed by atoms with E-state index < -0.39 is 0 Å². The summed E-state index contributed by atoms with van der Waals surface area (Å²) < 4.78 is 24.2. The molecule has 0 N–H and O–H groups in total. The van der Waals surface area contributed by atoms with Crippen LogP contribution in [0, 0.1) is 0 Å². The summed E-state index contributed by atoms with van der Waals surface area (Å²) in [6, 6.07) is 43.1. The van der Waals surface area contributed by atoms with E-state index in [4.69, 9.17) is 13.3 Å². The van der Waals surface area contributed by atoms with E-state index >= 15 is 0 Å². The van der Waals surface area contributed by atoms with Gasteiger partial charge in [-0.25, -0.2) is 0 Å². The Morgan fingerprint density at radius 2 is 1.18 bits per heavy atom. The van der Waals surface area contributed by atoms with E-state index in [2.05, 4.69) is 194 Å². The summed E-state index contributed by atoms with van der Waals surface area (Å²) in [5, 5.41) is 8.00. The molecule has 1 aliphatic carbocycles. The van der Waals surface area contributed by atoms with E-state index in [1.165, 1.54) is 55.1 Å². The third-order valence-electron chi connectivity index (χ3n) is 16.1. The number of hydrogen-bond acceptors (Lipinski definition) is 4. The summed E-state index contributed by atoms with van der Waals surface area (Å²) in [6.07, 6.45) is 2.27. The molecule has 5 nitrogen and oxygen atoms in total. The lowest BCUT2D eigenvalue weighted by Crippen LogP contribution is -2.60. The van der Waals surface area contributed by atoms with Gasteiger partial charge in [-0.05, 0) is 128 Å². The molecule has 3 aliphatic rings. The van der Waals surface area contributed by atoms with Gasteiger partial charge in [-0.2, -0.15) is 0 Å². The summed E-state index contributed by atoms with van der Waals surface area (Å²) in [5.74, 6) is 0. The lowest BCUT2D eigenvalue weighted by Gasteiger charge is -2.42. The maximum atomic E-state index is 7.51. The molecule has 0 saturated carbocycles. The number of benzene rings is 7. The molecule has 0 fully saturated rings. The molecule has 6 heteroatoms. The predicted molar refractivity (Wildman–Crippen MR) is 277 cm³/mol. The molecule has 4 aromatic heterocycles. The van der Waals surface area contributed by atoms with Crippen LogP contribution in [0.4, 0.5) is 11.4 Å². The number of para-hydroxylation sites is 2. The molecule has 0 bridgehead atoms. The monoisotopic (exact) mass is 860 g/mol. The van der Waals surface area contributed by atoms with Crippen molar-refractivity contribution in [2.45, 2.75) is 104 Å². The minimum Gasteiger partial charge on any atom is -0.466 e. The molecule has 6 heterocycles. The number of hydrogen-bond donors (Lipinski definition) is 0. The average molecular weight is 861 g/mol. The van der Waals surface area contributed by atoms with Crippen molar-refractivity contribution in [3.8, 4) is 16.8 Å². The average Bonchev–Trinajstić information content (AvgIpc) is 4.04. The zero-order valence-corrected chi connectivity index (χ0v) is 39.6. The zero-order valence-electron chi connectivity index (χ0n) is 39.6. The van der Waals surface area contributed by atoms with Crippen LogP contribution < -0.4 is 15.9 Å². The van der Waals surface area contributed by atoms with Crippen LogP contribution in [0.15, 0.2) is 129 Å². The van der Waals surface area contributed by atoms with Gasteiger partial charge in [0.1, 0.15) is 33.6 Å². The number of aromatic nitrogens is 1. The second-order valence-corrected chi connectivity index (χ2v) is 23.1. The zero-order chi connectivity index (χ0) is 45.1. The number of furan rings is 3. The first-order chi connectivity index (χ1) is 31.5. The Hall–Kier alpha value is -6.66. The van der Waals surface area contributed by atoms with Crippen LogP contribution in [-0.2, 0) is 21.7 Å². The molecule has 14 rings (SSSR count). The summed E-state index contributed by atoms with van der Waals surface area (Å²) in [6.45, 7) is 23.2. The Morgan fingerprint density at radius 3 is 1.89 bits per heavy atom. The fourth-order valence-electron chi connectivity index (χ4n) is 12.4. The number of fused-ring (bicyclic) bond motifs is 19. The molecule has 7 aromatic carbocycles. The van der Waals surface area contributed by atoms with E-state index in [9.17, 15) is 0 Å². The van der Waals surface area contributed by atoms with Crippen molar-refractivity contribution in [3.05, 3.63) is 138 Å². The van der Waals surface area contributed by atoms with Crippen LogP contribution in [0.3, 0.4) is 0 Å². The first kappa shape index (κ1) is 38.6. The van der Waals surface area contributed by atoms with Crippen LogP contribution in [0.25, 0.3) is 93.5 Å². The van der Waals surface area contributed by atoms with Gasteiger partial charge in [0, 0.05) is 49.3 Å². The summed E-state index contributed by atoms with van der Waals surface area (Å²) in [5.41, 5.74) is 20.1. The van der Waals surface area contributed by atoms with Gasteiger partial charge in [0.05, 0.1) is 22.1 Å². The topological polar surface area (TPSA) is 47.6 Å². The van der Waals surface area contributed by atoms with Crippen molar-refractivity contribution in [1.82, 2.24) is 4.57 Å². The van der Waals surface area contributed by atoms with Crippen molar-refractivity contribution in [2.75, 3.05) is 4.81 Å². The smallest absolute Gasteiger partial charge is 0.376 e. The van der Waals surface area contributed by atoms with Gasteiger partial charge in [0.2, 0.25) is 0 Å². The Labute approximate surface area is 385 Å². The van der Waals surface area contributed by atoms with Gasteiger partial charge in [-0.1, -0.05) is 124 Å². The van der Waals surface area contributed by atoms with Gasteiger partial charge in [-0.15, -0.1) is 0 Å². The fraction of sp³-hybridized carbons (Fsp3) is 0.267. The van der Waals surface area contributed by atoms with Gasteiger partial charge >= 0.3 is 6.85 Å². The molecule has 0 saturated heterocycles. The first-order valence-electron chi connectivity index (χ1n) is 23.9. The minimum absolute atomic E-state index is 0.00233. The predicted octanol–water partition coefficient (Wildman–Crippen LogP) is 15.5. The van der Waals surface area contributed by atoms with Gasteiger partial charge < -0.3 is 22.6 Å². The minimum atomic E-state index is -0.316. The summed E-state index contributed by atoms with van der Waals surface area (Å²) >= 11 is 0. The lowest BCUT2D eigenvalue weighted by molar-refractivity contribution is 0.332. The van der Waals surface area contributed by atoms with Crippen molar-refractivity contribution >= 4 is 106 Å². The number of anilines is 2. The van der Waals surface area contributed by atoms with Crippen LogP contribution in [0.2, 0.25) is 0 Å². The van der Waals surface area contributed by atoms with Crippen LogP contribution in [-0.4, -0.2) is 11.4 Å². The molecule has 0 atom stereocenters. The summed E-state index contributed by atoms with van der Waals surface area (Å²) in [7, 11) is 0. The fourth-order valence-corrected chi connectivity index (χ4v) is 12.4. The van der Waals surface area contributed by atoms with E-state index in [1.54, 1.807) is 0 Å². The Balaban J connectivity index is 1.25. The van der Waals surface area contributed by atoms with Crippen molar-refractivity contribution in [1.29, 1.82) is 0 Å². The second-order valence-electron chi connectivity index (χ2n) is 23.1. The largest absolute Gasteiger partial charge is 0.466 e. The van der Waals surface area contributed by atoms with Crippen LogP contribution in [0.5, 0.6) is 0 Å². The van der Waals surface area contributed by atoms with E-state index in [-0.39, 0.29) is 28.5 Å². The highest BCUT2D eigenvalue weighted by Gasteiger charge is 2.50. The second kappa shape index (κ2) is 12.2. The van der Waals surface area contributed by atoms with E-state index in [0.717, 1.165) is 96.0 Å². The highest BCUT2D eigenvalue weighted by Crippen LogP contribution is 2.55. The van der Waals surface area contributed by atoms with Gasteiger partial charge in [0.25, 0.3) is 0 Å². The Kier molecular flexibility index (Phi) is 7.14. The Morgan fingerprint density at radius 1 is 0.545 bits per heavy atom. The maximum absolute atomic E-state index is 7.51. The van der Waals surface area contributed by atoms with Crippen LogP contribution in [0.1, 0.15) is 104 Å². The highest BCUT2D eigenvalue weighted by molar-refractivity contribution is 6.93. The number of nitrogens with zero attached hydrogens (tertiary/aromatic N) is 2. The van der Waals surface area contributed by atoms with Gasteiger partial charge in [0.15, 0.2) is 0 Å². The summed E-state index contributed by atoms with van der Waals surface area (Å²) in [4.78, 5) is 2.59. The molecular formula is C60H53BN2O3. The molecule has 0 unspecified atom stereocenters. The van der Waals surface area contributed by atoms with Gasteiger partial charge in [-0.3, -0.25) is 0 Å². The standard InChI is InChI=1S/C60H53BN2O3/c1-57(2,3)32-19-22-34(23-20-32)63-44-29-37-35-15-11-13-17-45(35)64-48(37)30-39(44)49-50-36-16-12-14-18-46(36)65-55(50)51-38-28-41-42(60(9,10)26-25-59(41,7)8)31-43(38)62-53-40-27-33(58(4,5)6)21-24-47(40)66-56(53)61(63)52(49)54(51)62/h11-24,27-31H,25-26H2,1-10H3. The molecule has 0 spiro atoms. The van der Waals surface area contributed by atoms with E-state index in [0.29, 0.717) is 0 Å². The highest BCUT2D eigenvalue weighted by atomic mass is 16.3. The number of rotatable bonds is 1. The third-order valence-corrected chi connectivity index (χ3v) is 16.1. The molecule has 2 aliphatic heterocycles. The quantitative estimate of drug-likeness (QED) is 0.154. The first-order valence-corrected chi connectivity index (χ1v) is 23.9. The normalized spacial score (nSPS) is 16.4. The SMILES string of the molecule is CC(C)(C)c1ccc(N2B3c4oc5ccc(C(C)(C)C)cc5c4-n4c5cc6c(cc5c5c7oc8ccccc8c7c(c3c54)-c3cc4oc5ccccc5c4cc32)C(C)(C)CCC6(C)C)cc1. The molecule has 11 aromatic rings. The molecule has 66 heavy (non-hydrogen) atoms. The molecule has 0 radical (unpaired) electrons. The van der Waals surface area contributed by atoms with Crippen molar-refractivity contribution < 1.29 is 13.3 Å². The third kappa shape index (κ3) is 4.87. The molecule has 324 valence electrons.